The van der Waals surface area contributed by atoms with Gasteiger partial charge in [-0.1, -0.05) is 48.8 Å². The van der Waals surface area contributed by atoms with Gasteiger partial charge in [0.25, 0.3) is 0 Å². The summed E-state index contributed by atoms with van der Waals surface area (Å²) in [5.74, 6) is 0.647. The molecule has 0 aliphatic carbocycles. The second-order valence-electron chi connectivity index (χ2n) is 4.28. The van der Waals surface area contributed by atoms with E-state index in [4.69, 9.17) is 5.41 Å². The number of nitrogens with zero attached hydrogens (tertiary/aromatic N) is 2. The first-order chi connectivity index (χ1) is 9.20. The highest BCUT2D eigenvalue weighted by molar-refractivity contribution is 9.10. The molecule has 0 radical (unpaired) electrons. The molecule has 1 aliphatic heterocycles. The van der Waals surface area contributed by atoms with Crippen molar-refractivity contribution in [3.8, 4) is 0 Å². The fraction of sp³-hybridized carbons (Fsp3) is 0.533. The normalized spacial score (nSPS) is 15.7. The Morgan fingerprint density at radius 2 is 1.63 bits per heavy atom. The SMILES string of the molecule is CC.CCN1CCN(C(=N)c2ccc(Br)cc2)CC1. The van der Waals surface area contributed by atoms with Gasteiger partial charge in [0.15, 0.2) is 0 Å². The van der Waals surface area contributed by atoms with Crippen LogP contribution in [0.2, 0.25) is 0 Å². The second-order valence-corrected chi connectivity index (χ2v) is 5.19. The quantitative estimate of drug-likeness (QED) is 0.667. The molecule has 106 valence electrons. The lowest BCUT2D eigenvalue weighted by Gasteiger charge is -2.35. The molecule has 3 nitrogen and oxygen atoms in total. The molecule has 1 aromatic carbocycles. The second kappa shape index (κ2) is 8.33. The Hall–Kier alpha value is -0.870. The van der Waals surface area contributed by atoms with E-state index in [1.54, 1.807) is 0 Å². The maximum absolute atomic E-state index is 8.21. The van der Waals surface area contributed by atoms with E-state index in [9.17, 15) is 0 Å². The summed E-state index contributed by atoms with van der Waals surface area (Å²) < 4.78 is 1.06. The largest absolute Gasteiger partial charge is 0.354 e. The lowest BCUT2D eigenvalue weighted by Crippen LogP contribution is -2.48. The number of rotatable bonds is 2. The molecule has 1 N–H and O–H groups in total. The van der Waals surface area contributed by atoms with Crippen molar-refractivity contribution in [1.29, 1.82) is 5.41 Å². The highest BCUT2D eigenvalue weighted by Crippen LogP contribution is 2.13. The van der Waals surface area contributed by atoms with Crippen LogP contribution < -0.4 is 0 Å². The highest BCUT2D eigenvalue weighted by Gasteiger charge is 2.18. The van der Waals surface area contributed by atoms with Crippen LogP contribution in [0.5, 0.6) is 0 Å². The number of hydrogen-bond acceptors (Lipinski definition) is 2. The lowest BCUT2D eigenvalue weighted by molar-refractivity contribution is 0.189. The van der Waals surface area contributed by atoms with Crippen molar-refractivity contribution in [2.24, 2.45) is 0 Å². The van der Waals surface area contributed by atoms with Crippen molar-refractivity contribution >= 4 is 21.8 Å². The van der Waals surface area contributed by atoms with Crippen LogP contribution in [0.15, 0.2) is 28.7 Å². The van der Waals surface area contributed by atoms with Crippen LogP contribution in [0.4, 0.5) is 0 Å². The summed E-state index contributed by atoms with van der Waals surface area (Å²) in [7, 11) is 0. The number of amidine groups is 1. The number of hydrogen-bond donors (Lipinski definition) is 1. The minimum absolute atomic E-state index is 0.647. The van der Waals surface area contributed by atoms with E-state index in [2.05, 4.69) is 32.7 Å². The summed E-state index contributed by atoms with van der Waals surface area (Å²) in [5, 5.41) is 8.21. The molecule has 0 unspecified atom stereocenters. The summed E-state index contributed by atoms with van der Waals surface area (Å²) >= 11 is 3.42. The van der Waals surface area contributed by atoms with Crippen molar-refractivity contribution in [3.63, 3.8) is 0 Å². The van der Waals surface area contributed by atoms with E-state index in [0.29, 0.717) is 5.84 Å². The highest BCUT2D eigenvalue weighted by atomic mass is 79.9. The predicted molar refractivity (Wildman–Crippen MR) is 86.0 cm³/mol. The summed E-state index contributed by atoms with van der Waals surface area (Å²) in [6.45, 7) is 11.4. The Kier molecular flexibility index (Phi) is 7.10. The van der Waals surface area contributed by atoms with Gasteiger partial charge in [0.05, 0.1) is 0 Å². The summed E-state index contributed by atoms with van der Waals surface area (Å²) in [4.78, 5) is 4.58. The van der Waals surface area contributed by atoms with Crippen molar-refractivity contribution in [2.45, 2.75) is 20.8 Å². The Labute approximate surface area is 125 Å². The van der Waals surface area contributed by atoms with E-state index in [0.717, 1.165) is 42.8 Å². The third-order valence-electron chi connectivity index (χ3n) is 3.25. The summed E-state index contributed by atoms with van der Waals surface area (Å²) in [6, 6.07) is 7.98. The molecule has 0 atom stereocenters. The zero-order chi connectivity index (χ0) is 14.3. The first-order valence-electron chi connectivity index (χ1n) is 7.02. The van der Waals surface area contributed by atoms with Gasteiger partial charge < -0.3 is 9.80 Å². The minimum Gasteiger partial charge on any atom is -0.354 e. The van der Waals surface area contributed by atoms with Crippen LogP contribution in [0.25, 0.3) is 0 Å². The average molecular weight is 326 g/mol. The molecule has 4 heteroatoms. The van der Waals surface area contributed by atoms with Crippen LogP contribution in [-0.4, -0.2) is 48.4 Å². The van der Waals surface area contributed by atoms with Gasteiger partial charge >= 0.3 is 0 Å². The standard InChI is InChI=1S/C13H18BrN3.C2H6/c1-2-16-7-9-17(10-8-16)13(15)11-3-5-12(14)6-4-11;1-2/h3-6,15H,2,7-10H2,1H3;1-2H3. The molecule has 2 rings (SSSR count). The van der Waals surface area contributed by atoms with E-state index in [1.807, 2.05) is 38.1 Å². The number of halogens is 1. The zero-order valence-electron chi connectivity index (χ0n) is 12.1. The van der Waals surface area contributed by atoms with Crippen LogP contribution >= 0.6 is 15.9 Å². The molecule has 1 heterocycles. The smallest absolute Gasteiger partial charge is 0.128 e. The topological polar surface area (TPSA) is 30.3 Å². The molecule has 0 spiro atoms. The van der Waals surface area contributed by atoms with Gasteiger partial charge in [0.2, 0.25) is 0 Å². The minimum atomic E-state index is 0.647. The molecule has 0 saturated carbocycles. The van der Waals surface area contributed by atoms with E-state index in [-0.39, 0.29) is 0 Å². The molecular formula is C15H24BrN3. The molecule has 1 aromatic rings. The third kappa shape index (κ3) is 4.62. The van der Waals surface area contributed by atoms with Crippen LogP contribution in [-0.2, 0) is 0 Å². The molecule has 1 fully saturated rings. The number of likely N-dealkylation sites (N-methyl/N-ethyl adjacent to an activating group) is 1. The van der Waals surface area contributed by atoms with Crippen molar-refractivity contribution in [1.82, 2.24) is 9.80 Å². The summed E-state index contributed by atoms with van der Waals surface area (Å²) in [5.41, 5.74) is 0.998. The van der Waals surface area contributed by atoms with E-state index >= 15 is 0 Å². The number of piperazine rings is 1. The van der Waals surface area contributed by atoms with Crippen molar-refractivity contribution < 1.29 is 0 Å². The van der Waals surface area contributed by atoms with Gasteiger partial charge in [-0.25, -0.2) is 0 Å². The predicted octanol–water partition coefficient (Wildman–Crippen LogP) is 3.44. The molecule has 0 amide bonds. The summed E-state index contributed by atoms with van der Waals surface area (Å²) in [6.07, 6.45) is 0. The fourth-order valence-corrected chi connectivity index (χ4v) is 2.34. The maximum atomic E-state index is 8.21. The van der Waals surface area contributed by atoms with E-state index in [1.165, 1.54) is 0 Å². The maximum Gasteiger partial charge on any atom is 0.128 e. The van der Waals surface area contributed by atoms with Gasteiger partial charge in [0, 0.05) is 36.2 Å². The van der Waals surface area contributed by atoms with Gasteiger partial charge in [-0.15, -0.1) is 0 Å². The van der Waals surface area contributed by atoms with Crippen LogP contribution in [0.3, 0.4) is 0 Å². The van der Waals surface area contributed by atoms with Crippen LogP contribution in [0.1, 0.15) is 26.3 Å². The van der Waals surface area contributed by atoms with Gasteiger partial charge in [-0.3, -0.25) is 5.41 Å². The van der Waals surface area contributed by atoms with Gasteiger partial charge in [0.1, 0.15) is 5.84 Å². The van der Waals surface area contributed by atoms with Gasteiger partial charge in [-0.05, 0) is 18.7 Å². The average Bonchev–Trinajstić information content (AvgIpc) is 2.49. The van der Waals surface area contributed by atoms with Gasteiger partial charge in [-0.2, -0.15) is 0 Å². The first-order valence-corrected chi connectivity index (χ1v) is 7.82. The first kappa shape index (κ1) is 16.2. The molecule has 1 saturated heterocycles. The molecule has 0 bridgehead atoms. The lowest BCUT2D eigenvalue weighted by atomic mass is 10.1. The Morgan fingerprint density at radius 3 is 2.11 bits per heavy atom. The Morgan fingerprint density at radius 1 is 1.11 bits per heavy atom. The van der Waals surface area contributed by atoms with E-state index < -0.39 is 0 Å². The Bertz CT molecular complexity index is 381. The number of benzene rings is 1. The molecule has 19 heavy (non-hydrogen) atoms. The molecular weight excluding hydrogens is 302 g/mol. The van der Waals surface area contributed by atoms with Crippen molar-refractivity contribution in [3.05, 3.63) is 34.3 Å². The molecule has 0 aromatic heterocycles. The van der Waals surface area contributed by atoms with Crippen molar-refractivity contribution in [2.75, 3.05) is 32.7 Å². The van der Waals surface area contributed by atoms with Crippen LogP contribution in [0, 0.1) is 5.41 Å². The number of nitrogens with one attached hydrogen (secondary N) is 1. The molecule has 1 aliphatic rings. The Balaban J connectivity index is 0.000000861. The fourth-order valence-electron chi connectivity index (χ4n) is 2.08. The zero-order valence-corrected chi connectivity index (χ0v) is 13.7. The monoisotopic (exact) mass is 325 g/mol. The third-order valence-corrected chi connectivity index (χ3v) is 3.78.